The first-order valence-electron chi connectivity index (χ1n) is 9.49. The second-order valence-corrected chi connectivity index (χ2v) is 7.30. The minimum absolute atomic E-state index is 0.0291. The van der Waals surface area contributed by atoms with Gasteiger partial charge in [-0.3, -0.25) is 4.79 Å². The molecule has 1 aromatic heterocycles. The summed E-state index contributed by atoms with van der Waals surface area (Å²) in [5.74, 6) is 0.623. The minimum Gasteiger partial charge on any atom is -0.538 e. The normalized spacial score (nSPS) is 10.6. The molecular weight excluding hydrogens is 406 g/mol. The fraction of sp³-hybridized carbons (Fsp3) is 0.286. The van der Waals surface area contributed by atoms with Crippen molar-refractivity contribution in [2.75, 3.05) is 24.8 Å². The number of hydrogen-bond acceptors (Lipinski definition) is 7. The fourth-order valence-electron chi connectivity index (χ4n) is 2.55. The van der Waals surface area contributed by atoms with E-state index in [9.17, 15) is 9.90 Å². The van der Waals surface area contributed by atoms with Gasteiger partial charge in [0.05, 0.1) is 24.7 Å². The molecule has 3 rings (SSSR count). The molecule has 3 aromatic rings. The molecule has 1 heterocycles. The summed E-state index contributed by atoms with van der Waals surface area (Å²) >= 11 is 1.06. The number of nitrogens with zero attached hydrogens (tertiary/aromatic N) is 2. The Morgan fingerprint density at radius 3 is 2.53 bits per heavy atom. The maximum Gasteiger partial charge on any atom is 0.298 e. The van der Waals surface area contributed by atoms with Crippen molar-refractivity contribution < 1.29 is 28.6 Å². The molecule has 0 aliphatic heterocycles. The SMILES string of the molecule is CCCCOc1ccc(NC(=O)CSc2c([O-])on[n+]2-c2ccc(OC)cc2)cc1. The van der Waals surface area contributed by atoms with E-state index < -0.39 is 5.95 Å². The molecule has 2 aromatic carbocycles. The van der Waals surface area contributed by atoms with Crippen LogP contribution in [0.1, 0.15) is 19.8 Å². The molecule has 8 nitrogen and oxygen atoms in total. The van der Waals surface area contributed by atoms with Crippen molar-refractivity contribution in [1.82, 2.24) is 5.27 Å². The van der Waals surface area contributed by atoms with Crippen LogP contribution < -0.4 is 24.6 Å². The number of nitrogens with one attached hydrogen (secondary N) is 1. The predicted octanol–water partition coefficient (Wildman–Crippen LogP) is 2.94. The highest BCUT2D eigenvalue weighted by Crippen LogP contribution is 2.24. The fourth-order valence-corrected chi connectivity index (χ4v) is 3.30. The number of hydrogen-bond donors (Lipinski definition) is 1. The minimum atomic E-state index is -0.600. The maximum atomic E-state index is 12.3. The third-order valence-electron chi connectivity index (χ3n) is 4.13. The van der Waals surface area contributed by atoms with Crippen LogP contribution in [-0.2, 0) is 4.79 Å². The molecule has 30 heavy (non-hydrogen) atoms. The van der Waals surface area contributed by atoms with Gasteiger partial charge in [-0.1, -0.05) is 13.3 Å². The lowest BCUT2D eigenvalue weighted by molar-refractivity contribution is -0.705. The zero-order valence-electron chi connectivity index (χ0n) is 16.8. The van der Waals surface area contributed by atoms with Crippen molar-refractivity contribution in [2.45, 2.75) is 24.8 Å². The van der Waals surface area contributed by atoms with Gasteiger partial charge in [0.2, 0.25) is 11.6 Å². The van der Waals surface area contributed by atoms with Gasteiger partial charge in [-0.05, 0) is 59.3 Å². The van der Waals surface area contributed by atoms with Gasteiger partial charge in [0, 0.05) is 17.8 Å². The van der Waals surface area contributed by atoms with Gasteiger partial charge >= 0.3 is 0 Å². The second kappa shape index (κ2) is 10.5. The van der Waals surface area contributed by atoms with Crippen molar-refractivity contribution in [3.63, 3.8) is 0 Å². The van der Waals surface area contributed by atoms with E-state index in [1.165, 1.54) is 4.68 Å². The van der Waals surface area contributed by atoms with E-state index >= 15 is 0 Å². The Labute approximate surface area is 178 Å². The predicted molar refractivity (Wildman–Crippen MR) is 110 cm³/mol. The first-order chi connectivity index (χ1) is 14.6. The monoisotopic (exact) mass is 429 g/mol. The number of benzene rings is 2. The zero-order valence-corrected chi connectivity index (χ0v) is 17.6. The van der Waals surface area contributed by atoms with Gasteiger partial charge in [0.25, 0.3) is 5.03 Å². The van der Waals surface area contributed by atoms with Crippen molar-refractivity contribution >= 4 is 23.4 Å². The summed E-state index contributed by atoms with van der Waals surface area (Å²) < 4.78 is 16.9. The summed E-state index contributed by atoms with van der Waals surface area (Å²) in [6.07, 6.45) is 2.07. The second-order valence-electron chi connectivity index (χ2n) is 6.34. The van der Waals surface area contributed by atoms with E-state index in [1.54, 1.807) is 43.5 Å². The summed E-state index contributed by atoms with van der Waals surface area (Å²) in [4.78, 5) is 12.3. The van der Waals surface area contributed by atoms with E-state index in [-0.39, 0.29) is 16.7 Å². The van der Waals surface area contributed by atoms with Crippen LogP contribution in [0.5, 0.6) is 17.4 Å². The van der Waals surface area contributed by atoms with E-state index in [0.29, 0.717) is 23.7 Å². The Kier molecular flexibility index (Phi) is 7.56. The molecule has 0 spiro atoms. The third-order valence-corrected chi connectivity index (χ3v) is 5.15. The number of unbranched alkanes of at least 4 members (excludes halogenated alkanes) is 1. The van der Waals surface area contributed by atoms with Gasteiger partial charge in [-0.2, -0.15) is 0 Å². The van der Waals surface area contributed by atoms with Crippen LogP contribution in [0.3, 0.4) is 0 Å². The molecule has 0 radical (unpaired) electrons. The van der Waals surface area contributed by atoms with E-state index in [2.05, 4.69) is 17.5 Å². The molecule has 0 fully saturated rings. The third kappa shape index (κ3) is 5.66. The Balaban J connectivity index is 1.57. The average Bonchev–Trinajstić information content (AvgIpc) is 3.14. The summed E-state index contributed by atoms with van der Waals surface area (Å²) in [6, 6.07) is 14.2. The topological polar surface area (TPSA) is 101 Å². The Morgan fingerprint density at radius 2 is 1.87 bits per heavy atom. The molecule has 0 saturated heterocycles. The highest BCUT2D eigenvalue weighted by molar-refractivity contribution is 7.99. The average molecular weight is 429 g/mol. The van der Waals surface area contributed by atoms with Gasteiger partial charge < -0.3 is 24.4 Å². The summed E-state index contributed by atoms with van der Waals surface area (Å²) in [5.41, 5.74) is 1.28. The summed E-state index contributed by atoms with van der Waals surface area (Å²) in [7, 11) is 1.57. The standard InChI is InChI=1S/C21H23N3O5S/c1-3-4-13-28-18-9-5-15(6-10-18)22-19(25)14-30-20-21(26)29-23-24(20)16-7-11-17(27-2)12-8-16/h5-12H,3-4,13-14H2,1-2H3,(H-,22,23,25,26). The molecule has 0 aliphatic carbocycles. The quantitative estimate of drug-likeness (QED) is 0.300. The van der Waals surface area contributed by atoms with Gasteiger partial charge in [-0.15, -0.1) is 0 Å². The number of anilines is 1. The van der Waals surface area contributed by atoms with Crippen LogP contribution in [0.25, 0.3) is 5.69 Å². The van der Waals surface area contributed by atoms with Crippen LogP contribution in [-0.4, -0.2) is 30.6 Å². The van der Waals surface area contributed by atoms with Crippen LogP contribution in [0.4, 0.5) is 5.69 Å². The van der Waals surface area contributed by atoms with E-state index in [4.69, 9.17) is 14.0 Å². The molecule has 0 unspecified atom stereocenters. The summed E-state index contributed by atoms with van der Waals surface area (Å²) in [5, 5.41) is 18.8. The first-order valence-corrected chi connectivity index (χ1v) is 10.5. The highest BCUT2D eigenvalue weighted by atomic mass is 32.2. The number of carbonyl (C=O) groups is 1. The van der Waals surface area contributed by atoms with E-state index in [1.807, 2.05) is 12.1 Å². The van der Waals surface area contributed by atoms with Crippen molar-refractivity contribution in [2.24, 2.45) is 0 Å². The van der Waals surface area contributed by atoms with Gasteiger partial charge in [0.1, 0.15) is 11.5 Å². The number of carbonyl (C=O) groups excluding carboxylic acids is 1. The molecule has 0 bridgehead atoms. The number of thioether (sulfide) groups is 1. The first kappa shape index (κ1) is 21.5. The number of methoxy groups -OCH3 is 1. The van der Waals surface area contributed by atoms with E-state index in [0.717, 1.165) is 30.4 Å². The molecule has 1 N–H and O–H groups in total. The molecule has 9 heteroatoms. The lowest BCUT2D eigenvalue weighted by atomic mass is 10.3. The number of rotatable bonds is 10. The van der Waals surface area contributed by atoms with Crippen LogP contribution >= 0.6 is 11.8 Å². The highest BCUT2D eigenvalue weighted by Gasteiger charge is 2.22. The lowest BCUT2D eigenvalue weighted by Crippen LogP contribution is -2.35. The summed E-state index contributed by atoms with van der Waals surface area (Å²) in [6.45, 7) is 2.77. The van der Waals surface area contributed by atoms with Gasteiger partial charge in [-0.25, -0.2) is 0 Å². The van der Waals surface area contributed by atoms with Crippen molar-refractivity contribution in [3.8, 4) is 23.1 Å². The number of amides is 1. The smallest absolute Gasteiger partial charge is 0.298 e. The zero-order chi connectivity index (χ0) is 21.3. The van der Waals surface area contributed by atoms with Crippen LogP contribution in [0.2, 0.25) is 0 Å². The van der Waals surface area contributed by atoms with Gasteiger partial charge in [0.15, 0.2) is 5.95 Å². The molecule has 0 atom stereocenters. The maximum absolute atomic E-state index is 12.3. The van der Waals surface area contributed by atoms with Crippen LogP contribution in [0, 0.1) is 0 Å². The lowest BCUT2D eigenvalue weighted by Gasteiger charge is -2.07. The van der Waals surface area contributed by atoms with Crippen molar-refractivity contribution in [1.29, 1.82) is 0 Å². The van der Waals surface area contributed by atoms with Crippen molar-refractivity contribution in [3.05, 3.63) is 48.5 Å². The Hall–Kier alpha value is -3.20. The molecule has 158 valence electrons. The molecule has 0 saturated carbocycles. The Morgan fingerprint density at radius 1 is 1.17 bits per heavy atom. The largest absolute Gasteiger partial charge is 0.538 e. The number of ether oxygens (including phenoxy) is 2. The molecule has 1 amide bonds. The molecular formula is C21H23N3O5S. The Bertz CT molecular complexity index is 958. The van der Waals surface area contributed by atoms with Crippen LogP contribution in [0.15, 0.2) is 58.1 Å². The molecule has 0 aliphatic rings. The number of aromatic nitrogens is 2.